The minimum atomic E-state index is 0.546. The maximum atomic E-state index is 4.73. The van der Waals surface area contributed by atoms with Gasteiger partial charge < -0.3 is 5.32 Å². The van der Waals surface area contributed by atoms with Crippen molar-refractivity contribution in [3.05, 3.63) is 30.0 Å². The monoisotopic (exact) mass is 287 g/mol. The summed E-state index contributed by atoms with van der Waals surface area (Å²) in [4.78, 5) is 0. The predicted molar refractivity (Wildman–Crippen MR) is 90.6 cm³/mol. The first kappa shape index (κ1) is 16.0. The van der Waals surface area contributed by atoms with Gasteiger partial charge in [0.25, 0.3) is 0 Å². The van der Waals surface area contributed by atoms with Gasteiger partial charge in [-0.25, -0.2) is 0 Å². The van der Waals surface area contributed by atoms with Crippen molar-refractivity contribution in [3.63, 3.8) is 0 Å². The summed E-state index contributed by atoms with van der Waals surface area (Å²) in [6, 6.07) is 9.08. The summed E-state index contributed by atoms with van der Waals surface area (Å²) in [6.07, 6.45) is 7.60. The largest absolute Gasteiger partial charge is 0.314 e. The lowest BCUT2D eigenvalue weighted by Crippen LogP contribution is -2.31. The molecule has 1 N–H and O–H groups in total. The number of hydrogen-bond acceptors (Lipinski definition) is 2. The van der Waals surface area contributed by atoms with E-state index in [0.29, 0.717) is 6.04 Å². The lowest BCUT2D eigenvalue weighted by atomic mass is 10.0. The van der Waals surface area contributed by atoms with Crippen LogP contribution in [-0.2, 0) is 13.5 Å². The van der Waals surface area contributed by atoms with Gasteiger partial charge in [-0.1, -0.05) is 57.7 Å². The zero-order valence-electron chi connectivity index (χ0n) is 13.7. The number of hydrogen-bond donors (Lipinski definition) is 1. The van der Waals surface area contributed by atoms with Crippen molar-refractivity contribution in [1.82, 2.24) is 15.1 Å². The van der Waals surface area contributed by atoms with Gasteiger partial charge in [-0.2, -0.15) is 5.10 Å². The van der Waals surface area contributed by atoms with Gasteiger partial charge >= 0.3 is 0 Å². The van der Waals surface area contributed by atoms with Crippen LogP contribution in [0.5, 0.6) is 0 Å². The van der Waals surface area contributed by atoms with E-state index in [9.17, 15) is 0 Å². The van der Waals surface area contributed by atoms with E-state index in [2.05, 4.69) is 43.4 Å². The number of nitrogens with one attached hydrogen (secondary N) is 1. The fraction of sp³-hybridized carbons (Fsp3) is 0.611. The molecule has 1 aromatic heterocycles. The first-order valence-electron chi connectivity index (χ1n) is 8.40. The van der Waals surface area contributed by atoms with E-state index in [1.54, 1.807) is 0 Å². The Kier molecular flexibility index (Phi) is 6.24. The fourth-order valence-electron chi connectivity index (χ4n) is 3.06. The van der Waals surface area contributed by atoms with Crippen molar-refractivity contribution in [2.24, 2.45) is 7.05 Å². The summed E-state index contributed by atoms with van der Waals surface area (Å²) in [5.41, 5.74) is 2.46. The summed E-state index contributed by atoms with van der Waals surface area (Å²) < 4.78 is 2.00. The van der Waals surface area contributed by atoms with Crippen LogP contribution in [0, 0.1) is 0 Å². The van der Waals surface area contributed by atoms with Gasteiger partial charge in [-0.15, -0.1) is 0 Å². The molecule has 1 unspecified atom stereocenters. The SMILES string of the molecule is CCCCCCC(Cc1nn(C)c2ccccc12)NCC. The van der Waals surface area contributed by atoms with E-state index in [4.69, 9.17) is 5.10 Å². The number of aromatic nitrogens is 2. The molecular formula is C18H29N3. The number of fused-ring (bicyclic) bond motifs is 1. The number of benzene rings is 1. The lowest BCUT2D eigenvalue weighted by molar-refractivity contribution is 0.459. The van der Waals surface area contributed by atoms with Crippen molar-refractivity contribution >= 4 is 10.9 Å². The van der Waals surface area contributed by atoms with E-state index in [1.807, 2.05) is 11.7 Å². The third-order valence-corrected chi connectivity index (χ3v) is 4.17. The lowest BCUT2D eigenvalue weighted by Gasteiger charge is -2.16. The number of unbranched alkanes of at least 4 members (excludes halogenated alkanes) is 3. The summed E-state index contributed by atoms with van der Waals surface area (Å²) in [7, 11) is 2.04. The zero-order chi connectivity index (χ0) is 15.1. The van der Waals surface area contributed by atoms with Crippen LogP contribution in [0.3, 0.4) is 0 Å². The third-order valence-electron chi connectivity index (χ3n) is 4.17. The van der Waals surface area contributed by atoms with E-state index < -0.39 is 0 Å². The molecule has 3 heteroatoms. The van der Waals surface area contributed by atoms with Crippen LogP contribution >= 0.6 is 0 Å². The number of likely N-dealkylation sites (N-methyl/N-ethyl adjacent to an activating group) is 1. The molecule has 0 bridgehead atoms. The normalized spacial score (nSPS) is 12.9. The molecule has 21 heavy (non-hydrogen) atoms. The van der Waals surface area contributed by atoms with Gasteiger partial charge in [0, 0.05) is 24.9 Å². The van der Waals surface area contributed by atoms with Gasteiger partial charge in [0.2, 0.25) is 0 Å². The Morgan fingerprint density at radius 1 is 1.14 bits per heavy atom. The van der Waals surface area contributed by atoms with Gasteiger partial charge in [0.1, 0.15) is 0 Å². The third kappa shape index (κ3) is 4.31. The molecular weight excluding hydrogens is 258 g/mol. The van der Waals surface area contributed by atoms with E-state index in [1.165, 1.54) is 48.7 Å². The molecule has 0 spiro atoms. The average Bonchev–Trinajstić information content (AvgIpc) is 2.81. The minimum Gasteiger partial charge on any atom is -0.314 e. The van der Waals surface area contributed by atoms with Crippen LogP contribution in [0.25, 0.3) is 10.9 Å². The fourth-order valence-corrected chi connectivity index (χ4v) is 3.06. The molecule has 0 aliphatic heterocycles. The first-order chi connectivity index (χ1) is 10.3. The molecule has 116 valence electrons. The van der Waals surface area contributed by atoms with E-state index in [0.717, 1.165) is 13.0 Å². The molecule has 0 amide bonds. The van der Waals surface area contributed by atoms with Crippen molar-refractivity contribution in [2.75, 3.05) is 6.54 Å². The molecule has 2 aromatic rings. The number of para-hydroxylation sites is 1. The highest BCUT2D eigenvalue weighted by Crippen LogP contribution is 2.20. The van der Waals surface area contributed by atoms with Crippen LogP contribution in [0.1, 0.15) is 51.6 Å². The summed E-state index contributed by atoms with van der Waals surface area (Å²) in [5.74, 6) is 0. The maximum absolute atomic E-state index is 4.73. The maximum Gasteiger partial charge on any atom is 0.0718 e. The smallest absolute Gasteiger partial charge is 0.0718 e. The molecule has 0 aliphatic rings. The molecule has 0 aliphatic carbocycles. The molecule has 0 saturated heterocycles. The second-order valence-corrected chi connectivity index (χ2v) is 5.90. The van der Waals surface area contributed by atoms with Crippen molar-refractivity contribution < 1.29 is 0 Å². The molecule has 1 atom stereocenters. The molecule has 0 radical (unpaired) electrons. The predicted octanol–water partition coefficient (Wildman–Crippen LogP) is 4.06. The summed E-state index contributed by atoms with van der Waals surface area (Å²) in [5, 5.41) is 9.67. The quantitative estimate of drug-likeness (QED) is 0.705. The average molecular weight is 287 g/mol. The second kappa shape index (κ2) is 8.18. The van der Waals surface area contributed by atoms with Crippen molar-refractivity contribution in [3.8, 4) is 0 Å². The molecule has 3 nitrogen and oxygen atoms in total. The highest BCUT2D eigenvalue weighted by molar-refractivity contribution is 5.81. The standard InChI is InChI=1S/C18H29N3/c1-4-6-7-8-11-15(19-5-2)14-17-16-12-9-10-13-18(16)21(3)20-17/h9-10,12-13,15,19H,4-8,11,14H2,1-3H3. The highest BCUT2D eigenvalue weighted by Gasteiger charge is 2.14. The number of nitrogens with zero attached hydrogens (tertiary/aromatic N) is 2. The van der Waals surface area contributed by atoms with Gasteiger partial charge in [-0.05, 0) is 19.0 Å². The van der Waals surface area contributed by atoms with Gasteiger partial charge in [0.05, 0.1) is 11.2 Å². The molecule has 1 heterocycles. The van der Waals surface area contributed by atoms with Crippen LogP contribution in [-0.4, -0.2) is 22.4 Å². The van der Waals surface area contributed by atoms with Crippen molar-refractivity contribution in [2.45, 2.75) is 58.4 Å². The van der Waals surface area contributed by atoms with Crippen LogP contribution < -0.4 is 5.32 Å². The van der Waals surface area contributed by atoms with E-state index in [-0.39, 0.29) is 0 Å². The van der Waals surface area contributed by atoms with Gasteiger partial charge in [-0.3, -0.25) is 4.68 Å². The Morgan fingerprint density at radius 2 is 1.95 bits per heavy atom. The Bertz CT molecular complexity index is 544. The van der Waals surface area contributed by atoms with Gasteiger partial charge in [0.15, 0.2) is 0 Å². The number of rotatable bonds is 9. The Balaban J connectivity index is 2.04. The van der Waals surface area contributed by atoms with Crippen LogP contribution in [0.2, 0.25) is 0 Å². The Morgan fingerprint density at radius 3 is 2.71 bits per heavy atom. The molecule has 0 saturated carbocycles. The van der Waals surface area contributed by atoms with Crippen molar-refractivity contribution in [1.29, 1.82) is 0 Å². The number of aryl methyl sites for hydroxylation is 1. The summed E-state index contributed by atoms with van der Waals surface area (Å²) in [6.45, 7) is 5.49. The molecule has 0 fully saturated rings. The Labute approximate surface area is 128 Å². The minimum absolute atomic E-state index is 0.546. The zero-order valence-corrected chi connectivity index (χ0v) is 13.7. The van der Waals surface area contributed by atoms with Crippen LogP contribution in [0.15, 0.2) is 24.3 Å². The molecule has 2 rings (SSSR count). The topological polar surface area (TPSA) is 29.9 Å². The molecule has 1 aromatic carbocycles. The van der Waals surface area contributed by atoms with Crippen LogP contribution in [0.4, 0.5) is 0 Å². The second-order valence-electron chi connectivity index (χ2n) is 5.90. The highest BCUT2D eigenvalue weighted by atomic mass is 15.3. The Hall–Kier alpha value is -1.35. The van der Waals surface area contributed by atoms with E-state index >= 15 is 0 Å². The first-order valence-corrected chi connectivity index (χ1v) is 8.40. The summed E-state index contributed by atoms with van der Waals surface area (Å²) >= 11 is 0.